The lowest BCUT2D eigenvalue weighted by Gasteiger charge is -2.60. The van der Waals surface area contributed by atoms with Gasteiger partial charge in [0.15, 0.2) is 23.0 Å². The van der Waals surface area contributed by atoms with Crippen LogP contribution in [0, 0.1) is 18.3 Å². The first kappa shape index (κ1) is 31.0. The van der Waals surface area contributed by atoms with Gasteiger partial charge in [0.05, 0.1) is 36.4 Å². The van der Waals surface area contributed by atoms with Crippen molar-refractivity contribution < 1.29 is 42.9 Å². The molecular weight excluding hydrogens is 632 g/mol. The van der Waals surface area contributed by atoms with Crippen LogP contribution in [-0.4, -0.2) is 95.7 Å². The Labute approximate surface area is 281 Å². The molecule has 1 saturated heterocycles. The third-order valence-electron chi connectivity index (χ3n) is 10.9. The van der Waals surface area contributed by atoms with Crippen molar-refractivity contribution in [2.45, 2.75) is 63.8 Å². The summed E-state index contributed by atoms with van der Waals surface area (Å²) in [6.45, 7) is 4.33. The van der Waals surface area contributed by atoms with Gasteiger partial charge in [-0.2, -0.15) is 5.26 Å². The predicted octanol–water partition coefficient (Wildman–Crippen LogP) is 2.56. The van der Waals surface area contributed by atoms with E-state index in [2.05, 4.69) is 6.07 Å². The number of Topliss-reactive ketones (excluding diaryl/α,β-unsaturated/α-hetero) is 2. The quantitative estimate of drug-likeness (QED) is 0.204. The van der Waals surface area contributed by atoms with Crippen LogP contribution in [0.3, 0.4) is 0 Å². The summed E-state index contributed by atoms with van der Waals surface area (Å²) >= 11 is 0. The molecule has 8 rings (SSSR count). The predicted molar refractivity (Wildman–Crippen MR) is 169 cm³/mol. The minimum Gasteiger partial charge on any atom is -0.492 e. The summed E-state index contributed by atoms with van der Waals surface area (Å²) in [4.78, 5) is 73.2. The summed E-state index contributed by atoms with van der Waals surface area (Å²) in [6, 6.07) is 5.51. The van der Waals surface area contributed by atoms with Gasteiger partial charge in [-0.3, -0.25) is 38.7 Å². The van der Waals surface area contributed by atoms with Crippen LogP contribution in [0.25, 0.3) is 0 Å². The van der Waals surface area contributed by atoms with Crippen molar-refractivity contribution >= 4 is 29.4 Å². The number of benzene rings is 2. The van der Waals surface area contributed by atoms with Crippen LogP contribution in [0.1, 0.15) is 63.7 Å². The van der Waals surface area contributed by atoms with Gasteiger partial charge in [0, 0.05) is 59.0 Å². The van der Waals surface area contributed by atoms with E-state index in [-0.39, 0.29) is 60.2 Å². The number of nitrogens with zero attached hydrogens (tertiary/aromatic N) is 4. The fourth-order valence-corrected chi connectivity index (χ4v) is 8.87. The number of esters is 1. The van der Waals surface area contributed by atoms with Crippen molar-refractivity contribution in [3.63, 3.8) is 0 Å². The molecule has 0 aromatic heterocycles. The lowest BCUT2D eigenvalue weighted by molar-refractivity contribution is -0.132. The van der Waals surface area contributed by atoms with Crippen LogP contribution in [0.5, 0.6) is 17.2 Å². The van der Waals surface area contributed by atoms with E-state index in [1.165, 1.54) is 18.9 Å². The first-order chi connectivity index (χ1) is 23.5. The van der Waals surface area contributed by atoms with Gasteiger partial charge in [-0.1, -0.05) is 12.1 Å². The number of fused-ring (bicyclic) bond motifs is 9. The maximum atomic E-state index is 14.1. The number of methoxy groups -OCH3 is 1. The summed E-state index contributed by atoms with van der Waals surface area (Å²) in [6.07, 6.45) is 0.316. The number of nitriles is 1. The van der Waals surface area contributed by atoms with Gasteiger partial charge in [0.1, 0.15) is 11.8 Å². The van der Waals surface area contributed by atoms with E-state index in [1.807, 2.05) is 16.8 Å². The number of likely N-dealkylation sites (N-methyl/N-ethyl adjacent to an activating group) is 1. The molecule has 13 heteroatoms. The number of ketones is 2. The second-order valence-electron chi connectivity index (χ2n) is 13.2. The number of hydrogen-bond acceptors (Lipinski definition) is 12. The van der Waals surface area contributed by atoms with Crippen LogP contribution < -0.4 is 14.2 Å². The SMILES string of the molecule is COC1=C(C)C(=O)C2=C(C1=O)[C@@H]1[C@@H]3Cc4c(OC(C)=O)c(C)c5c(c4[C@H](CN4C(=O)c6ccccc6C4=O)N3[C@@H](C#N)[C@H](C2)N1C)OCO5. The number of ether oxygens (including phenoxy) is 4. The molecule has 1 fully saturated rings. The Balaban J connectivity index is 1.37. The van der Waals surface area contributed by atoms with Crippen molar-refractivity contribution in [1.82, 2.24) is 14.7 Å². The van der Waals surface area contributed by atoms with Gasteiger partial charge in [-0.25, -0.2) is 0 Å². The Kier molecular flexibility index (Phi) is 6.86. The molecule has 0 N–H and O–H groups in total. The Morgan fingerprint density at radius 1 is 1.00 bits per heavy atom. The molecule has 2 aromatic rings. The van der Waals surface area contributed by atoms with Crippen LogP contribution in [-0.2, 0) is 25.5 Å². The van der Waals surface area contributed by atoms with E-state index in [1.54, 1.807) is 38.1 Å². The molecule has 2 aromatic carbocycles. The zero-order valence-electron chi connectivity index (χ0n) is 27.5. The number of rotatable bonds is 4. The van der Waals surface area contributed by atoms with Gasteiger partial charge in [-0.15, -0.1) is 0 Å². The second-order valence-corrected chi connectivity index (χ2v) is 13.2. The first-order valence-corrected chi connectivity index (χ1v) is 16.0. The van der Waals surface area contributed by atoms with Gasteiger partial charge < -0.3 is 18.9 Å². The minimum atomic E-state index is -0.847. The molecule has 5 heterocycles. The zero-order chi connectivity index (χ0) is 34.6. The number of carbonyl (C=O) groups excluding carboxylic acids is 5. The Morgan fingerprint density at radius 3 is 2.31 bits per heavy atom. The maximum absolute atomic E-state index is 14.1. The molecule has 0 saturated carbocycles. The molecule has 5 atom stereocenters. The van der Waals surface area contributed by atoms with Crippen LogP contribution in [0.4, 0.5) is 0 Å². The Bertz CT molecular complexity index is 2020. The summed E-state index contributed by atoms with van der Waals surface area (Å²) in [5.74, 6) is -1.23. The molecule has 0 unspecified atom stereocenters. The summed E-state index contributed by atoms with van der Waals surface area (Å²) in [5.41, 5.74) is 3.07. The molecule has 2 amide bonds. The lowest BCUT2D eigenvalue weighted by atomic mass is 9.68. The molecule has 2 bridgehead atoms. The highest BCUT2D eigenvalue weighted by Crippen LogP contribution is 2.56. The van der Waals surface area contributed by atoms with E-state index in [0.717, 1.165) is 0 Å². The maximum Gasteiger partial charge on any atom is 0.308 e. The lowest BCUT2D eigenvalue weighted by Crippen LogP contribution is -2.72. The van der Waals surface area contributed by atoms with Crippen molar-refractivity contribution in [2.75, 3.05) is 27.5 Å². The summed E-state index contributed by atoms with van der Waals surface area (Å²) in [5, 5.41) is 10.9. The minimum absolute atomic E-state index is 0.0249. The molecule has 5 aliphatic heterocycles. The Hall–Kier alpha value is -5.32. The molecule has 1 aliphatic carbocycles. The highest BCUT2D eigenvalue weighted by atomic mass is 16.7. The van der Waals surface area contributed by atoms with Crippen molar-refractivity contribution in [1.29, 1.82) is 5.26 Å². The highest BCUT2D eigenvalue weighted by Gasteiger charge is 2.59. The smallest absolute Gasteiger partial charge is 0.308 e. The van der Waals surface area contributed by atoms with Crippen molar-refractivity contribution in [3.8, 4) is 23.3 Å². The highest BCUT2D eigenvalue weighted by molar-refractivity contribution is 6.25. The fourth-order valence-electron chi connectivity index (χ4n) is 8.87. The molecular formula is C36H32N4O9. The normalized spacial score (nSPS) is 27.1. The van der Waals surface area contributed by atoms with E-state index in [4.69, 9.17) is 18.9 Å². The third-order valence-corrected chi connectivity index (χ3v) is 10.9. The zero-order valence-corrected chi connectivity index (χ0v) is 27.5. The van der Waals surface area contributed by atoms with E-state index in [9.17, 15) is 29.2 Å². The van der Waals surface area contributed by atoms with Crippen LogP contribution in [0.15, 0.2) is 46.7 Å². The van der Waals surface area contributed by atoms with Gasteiger partial charge in [0.2, 0.25) is 12.6 Å². The molecule has 6 aliphatic rings. The standard InChI is InChI=1S/C36H32N4O9/c1-15-29(42)20-10-22-24(12-37)40-23(28(38(22)4)27(20)30(43)32(15)46-5)11-21-26(34-33(47-14-48-34)16(2)31(21)49-17(3)41)25(40)13-39-35(44)18-8-6-7-9-19(18)36(39)45/h6-9,22-25,28H,10-11,13-14H2,1-5H3/t22-,23-,24-,25-,28-/m0/s1. The number of allylic oxidation sites excluding steroid dienone is 2. The largest absolute Gasteiger partial charge is 0.492 e. The average Bonchev–Trinajstić information content (AvgIpc) is 3.66. The topological polar surface area (TPSA) is 156 Å². The number of piperazine rings is 1. The van der Waals surface area contributed by atoms with Crippen molar-refractivity contribution in [3.05, 3.63) is 74.6 Å². The third kappa shape index (κ3) is 4.07. The number of carbonyl (C=O) groups is 5. The van der Waals surface area contributed by atoms with Gasteiger partial charge in [0.25, 0.3) is 11.8 Å². The van der Waals surface area contributed by atoms with E-state index >= 15 is 0 Å². The summed E-state index contributed by atoms with van der Waals surface area (Å²) < 4.78 is 23.3. The van der Waals surface area contributed by atoms with Gasteiger partial charge in [-0.05, 0) is 45.9 Å². The second kappa shape index (κ2) is 10.8. The molecule has 13 nitrogen and oxygen atoms in total. The monoisotopic (exact) mass is 664 g/mol. The fraction of sp³-hybridized carbons (Fsp3) is 0.389. The average molecular weight is 665 g/mol. The first-order valence-electron chi connectivity index (χ1n) is 16.0. The number of hydrogen-bond donors (Lipinski definition) is 0. The number of imide groups is 1. The molecule has 49 heavy (non-hydrogen) atoms. The van der Waals surface area contributed by atoms with Crippen molar-refractivity contribution in [2.24, 2.45) is 0 Å². The molecule has 250 valence electrons. The van der Waals surface area contributed by atoms with Crippen LogP contribution >= 0.6 is 0 Å². The van der Waals surface area contributed by atoms with E-state index < -0.39 is 53.8 Å². The summed E-state index contributed by atoms with van der Waals surface area (Å²) in [7, 11) is 3.19. The van der Waals surface area contributed by atoms with Gasteiger partial charge >= 0.3 is 5.97 Å². The number of amides is 2. The molecule has 0 spiro atoms. The van der Waals surface area contributed by atoms with E-state index in [0.29, 0.717) is 39.3 Å². The van der Waals surface area contributed by atoms with Crippen LogP contribution in [0.2, 0.25) is 0 Å². The molecule has 0 radical (unpaired) electrons. The Morgan fingerprint density at radius 2 is 1.67 bits per heavy atom.